The highest BCUT2D eigenvalue weighted by molar-refractivity contribution is 5.45. The van der Waals surface area contributed by atoms with Crippen LogP contribution in [0.25, 0.3) is 0 Å². The molecule has 3 nitrogen and oxygen atoms in total. The van der Waals surface area contributed by atoms with Crippen LogP contribution in [0.4, 0.5) is 0 Å². The minimum atomic E-state index is 0.250. The molecule has 20 heavy (non-hydrogen) atoms. The predicted octanol–water partition coefficient (Wildman–Crippen LogP) is 3.53. The number of rotatable bonds is 1. The highest BCUT2D eigenvalue weighted by Crippen LogP contribution is 2.40. The van der Waals surface area contributed by atoms with E-state index in [1.165, 1.54) is 11.1 Å². The molecule has 0 bridgehead atoms. The maximum atomic E-state index is 8.12. The second-order valence-corrected chi connectivity index (χ2v) is 4.43. The van der Waals surface area contributed by atoms with Gasteiger partial charge in [0.15, 0.2) is 0 Å². The molecule has 1 aliphatic rings. The van der Waals surface area contributed by atoms with Gasteiger partial charge in [0.1, 0.15) is 5.75 Å². The molecule has 3 rings (SSSR count). The molecular weight excluding hydrogens is 252 g/mol. The lowest BCUT2D eigenvalue weighted by Crippen LogP contribution is -2.12. The Hall–Kier alpha value is -2.64. The first-order valence-corrected chi connectivity index (χ1v) is 6.25. The van der Waals surface area contributed by atoms with Crippen LogP contribution in [-0.2, 0) is 9.59 Å². The Bertz CT molecular complexity index is 626. The Morgan fingerprint density at radius 1 is 1.00 bits per heavy atom. The highest BCUT2D eigenvalue weighted by atomic mass is 16.5. The smallest absolute Gasteiger partial charge is 0.373 e. The van der Waals surface area contributed by atoms with E-state index >= 15 is 0 Å². The number of hydrogen-bond donors (Lipinski definition) is 0. The van der Waals surface area contributed by atoms with Crippen LogP contribution in [-0.4, -0.2) is 6.15 Å². The number of carbonyl (C=O) groups excluding carboxylic acids is 2. The van der Waals surface area contributed by atoms with Crippen LogP contribution in [0.5, 0.6) is 5.75 Å². The fourth-order valence-corrected chi connectivity index (χ4v) is 2.38. The fourth-order valence-electron chi connectivity index (χ4n) is 2.38. The van der Waals surface area contributed by atoms with Crippen LogP contribution in [0.15, 0.2) is 66.9 Å². The van der Waals surface area contributed by atoms with Crippen molar-refractivity contribution in [1.29, 1.82) is 0 Å². The molecule has 1 atom stereocenters. The maximum Gasteiger partial charge on any atom is 0.373 e. The highest BCUT2D eigenvalue weighted by Gasteiger charge is 2.24. The Labute approximate surface area is 117 Å². The summed E-state index contributed by atoms with van der Waals surface area (Å²) >= 11 is 0. The summed E-state index contributed by atoms with van der Waals surface area (Å²) in [6.07, 6.45) is 1.11. The lowest BCUT2D eigenvalue weighted by Gasteiger charge is -2.27. The van der Waals surface area contributed by atoms with E-state index in [-0.39, 0.29) is 6.15 Å². The van der Waals surface area contributed by atoms with Crippen LogP contribution in [0, 0.1) is 0 Å². The summed E-state index contributed by atoms with van der Waals surface area (Å²) in [5.74, 6) is 2.16. The summed E-state index contributed by atoms with van der Waals surface area (Å²) in [6, 6.07) is 18.7. The van der Waals surface area contributed by atoms with Crippen molar-refractivity contribution in [3.8, 4) is 5.75 Å². The first kappa shape index (κ1) is 13.8. The molecule has 0 fully saturated rings. The summed E-state index contributed by atoms with van der Waals surface area (Å²) in [6.45, 7) is 3.97. The predicted molar refractivity (Wildman–Crippen MR) is 74.1 cm³/mol. The van der Waals surface area contributed by atoms with Crippen molar-refractivity contribution in [2.24, 2.45) is 0 Å². The van der Waals surface area contributed by atoms with Crippen molar-refractivity contribution in [2.75, 3.05) is 0 Å². The Morgan fingerprint density at radius 2 is 1.60 bits per heavy atom. The zero-order valence-electron chi connectivity index (χ0n) is 10.9. The van der Waals surface area contributed by atoms with Gasteiger partial charge >= 0.3 is 6.15 Å². The van der Waals surface area contributed by atoms with Gasteiger partial charge < -0.3 is 4.74 Å². The average molecular weight is 266 g/mol. The van der Waals surface area contributed by atoms with E-state index < -0.39 is 0 Å². The number of fused-ring (bicyclic) bond motifs is 1. The van der Waals surface area contributed by atoms with Crippen LogP contribution in [0.2, 0.25) is 0 Å². The molecule has 2 aromatic rings. The van der Waals surface area contributed by atoms with Gasteiger partial charge in [-0.3, -0.25) is 0 Å². The van der Waals surface area contributed by atoms with Crippen LogP contribution < -0.4 is 4.74 Å². The standard InChI is InChI=1S/C16H14O.CO2/c1-12-11-15(13-7-3-2-4-8-13)14-9-5-6-10-16(14)17-12;2-1-3/h2-10,15H,1,11H2;. The quantitative estimate of drug-likeness (QED) is 0.793. The second kappa shape index (κ2) is 6.50. The largest absolute Gasteiger partial charge is 0.462 e. The zero-order chi connectivity index (χ0) is 14.4. The number of allylic oxidation sites excluding steroid dienone is 1. The number of para-hydroxylation sites is 1. The third-order valence-electron chi connectivity index (χ3n) is 3.18. The monoisotopic (exact) mass is 266 g/mol. The minimum Gasteiger partial charge on any atom is -0.462 e. The fraction of sp³-hybridized carbons (Fsp3) is 0.118. The third kappa shape index (κ3) is 3.02. The van der Waals surface area contributed by atoms with E-state index in [0.717, 1.165) is 17.9 Å². The van der Waals surface area contributed by atoms with Crippen LogP contribution >= 0.6 is 0 Å². The molecule has 0 radical (unpaired) electrons. The number of hydrogen-bond acceptors (Lipinski definition) is 3. The maximum absolute atomic E-state index is 8.12. The number of benzene rings is 2. The van der Waals surface area contributed by atoms with E-state index in [2.05, 4.69) is 43.0 Å². The van der Waals surface area contributed by atoms with Crippen molar-refractivity contribution in [3.05, 3.63) is 78.1 Å². The van der Waals surface area contributed by atoms with Gasteiger partial charge in [-0.05, 0) is 11.6 Å². The Balaban J connectivity index is 0.000000452. The molecule has 1 heterocycles. The molecule has 0 aliphatic carbocycles. The van der Waals surface area contributed by atoms with Gasteiger partial charge in [0.2, 0.25) is 0 Å². The van der Waals surface area contributed by atoms with Gasteiger partial charge in [-0.25, -0.2) is 0 Å². The second-order valence-electron chi connectivity index (χ2n) is 4.43. The molecule has 0 N–H and O–H groups in total. The summed E-state index contributed by atoms with van der Waals surface area (Å²) in [5, 5.41) is 0. The molecule has 3 heteroatoms. The minimum absolute atomic E-state index is 0.250. The molecule has 0 amide bonds. The van der Waals surface area contributed by atoms with Gasteiger partial charge in [-0.1, -0.05) is 55.1 Å². The Morgan fingerprint density at radius 3 is 2.30 bits per heavy atom. The van der Waals surface area contributed by atoms with Gasteiger partial charge in [0.05, 0.1) is 5.76 Å². The van der Waals surface area contributed by atoms with Gasteiger partial charge in [-0.2, -0.15) is 9.59 Å². The summed E-state index contributed by atoms with van der Waals surface area (Å²) in [7, 11) is 0. The van der Waals surface area contributed by atoms with Gasteiger partial charge in [-0.15, -0.1) is 0 Å². The van der Waals surface area contributed by atoms with Crippen molar-refractivity contribution in [1.82, 2.24) is 0 Å². The molecule has 0 aromatic heterocycles. The molecule has 2 aromatic carbocycles. The summed E-state index contributed by atoms with van der Waals surface area (Å²) in [4.78, 5) is 16.2. The van der Waals surface area contributed by atoms with Crippen molar-refractivity contribution >= 4 is 6.15 Å². The third-order valence-corrected chi connectivity index (χ3v) is 3.18. The van der Waals surface area contributed by atoms with E-state index in [1.54, 1.807) is 0 Å². The van der Waals surface area contributed by atoms with Gasteiger partial charge in [0, 0.05) is 17.9 Å². The SMILES string of the molecule is C=C1CC(c2ccccc2)c2ccccc2O1.O=C=O. The topological polar surface area (TPSA) is 43.4 Å². The molecule has 0 spiro atoms. The van der Waals surface area contributed by atoms with E-state index in [4.69, 9.17) is 14.3 Å². The molecule has 1 aliphatic heterocycles. The molecule has 0 saturated heterocycles. The first-order chi connectivity index (χ1) is 9.76. The van der Waals surface area contributed by atoms with E-state index in [0.29, 0.717) is 5.92 Å². The zero-order valence-corrected chi connectivity index (χ0v) is 10.9. The lowest BCUT2D eigenvalue weighted by atomic mass is 9.86. The molecule has 100 valence electrons. The van der Waals surface area contributed by atoms with E-state index in [9.17, 15) is 0 Å². The van der Waals surface area contributed by atoms with Crippen LogP contribution in [0.1, 0.15) is 23.5 Å². The average Bonchev–Trinajstić information content (AvgIpc) is 2.48. The summed E-state index contributed by atoms with van der Waals surface area (Å²) < 4.78 is 5.69. The van der Waals surface area contributed by atoms with Crippen LogP contribution in [0.3, 0.4) is 0 Å². The van der Waals surface area contributed by atoms with E-state index in [1.807, 2.05) is 18.2 Å². The van der Waals surface area contributed by atoms with Crippen molar-refractivity contribution in [2.45, 2.75) is 12.3 Å². The lowest BCUT2D eigenvalue weighted by molar-refractivity contribution is -0.191. The summed E-state index contributed by atoms with van der Waals surface area (Å²) in [5.41, 5.74) is 2.58. The first-order valence-electron chi connectivity index (χ1n) is 6.25. The molecule has 1 unspecified atom stereocenters. The normalized spacial score (nSPS) is 16.0. The van der Waals surface area contributed by atoms with Crippen molar-refractivity contribution < 1.29 is 14.3 Å². The molecular formula is C17H14O3. The van der Waals surface area contributed by atoms with Crippen molar-refractivity contribution in [3.63, 3.8) is 0 Å². The Kier molecular flexibility index (Phi) is 4.48. The number of ether oxygens (including phenoxy) is 1. The molecule has 0 saturated carbocycles. The van der Waals surface area contributed by atoms with Gasteiger partial charge in [0.25, 0.3) is 0 Å².